The summed E-state index contributed by atoms with van der Waals surface area (Å²) in [7, 11) is 0. The Morgan fingerprint density at radius 1 is 0.513 bits per heavy atom. The molecule has 0 unspecified atom stereocenters. The first-order chi connectivity index (χ1) is 19.3. The van der Waals surface area contributed by atoms with Crippen molar-refractivity contribution in [2.75, 3.05) is 6.61 Å². The van der Waals surface area contributed by atoms with E-state index in [1.54, 1.807) is 6.26 Å². The molecule has 200 valence electrons. The first-order valence-electron chi connectivity index (χ1n) is 13.3. The summed E-state index contributed by atoms with van der Waals surface area (Å²) in [6.07, 6.45) is 0.372. The minimum atomic E-state index is -0.475. The van der Waals surface area contributed by atoms with E-state index in [0.29, 0.717) is 38.8 Å². The summed E-state index contributed by atoms with van der Waals surface area (Å²) >= 11 is 0. The zero-order valence-electron chi connectivity index (χ0n) is 21.9. The summed E-state index contributed by atoms with van der Waals surface area (Å²) in [5.41, 5.74) is 4.32. The van der Waals surface area contributed by atoms with Crippen molar-refractivity contribution >= 4 is 0 Å². The number of hydrogen-bond donors (Lipinski definition) is 0. The molecule has 0 spiro atoms. The van der Waals surface area contributed by atoms with Gasteiger partial charge in [-0.2, -0.15) is 0 Å². The zero-order chi connectivity index (χ0) is 26.5. The molecular formula is C34H34O5. The van der Waals surface area contributed by atoms with Gasteiger partial charge in [0.25, 0.3) is 0 Å². The van der Waals surface area contributed by atoms with Gasteiger partial charge in [-0.05, 0) is 22.3 Å². The van der Waals surface area contributed by atoms with E-state index in [4.69, 9.17) is 23.7 Å². The van der Waals surface area contributed by atoms with Crippen molar-refractivity contribution in [1.82, 2.24) is 0 Å². The highest BCUT2D eigenvalue weighted by atomic mass is 16.6. The van der Waals surface area contributed by atoms with Gasteiger partial charge in [0.2, 0.25) is 0 Å². The van der Waals surface area contributed by atoms with E-state index < -0.39 is 12.2 Å². The molecular weight excluding hydrogens is 488 g/mol. The predicted molar refractivity (Wildman–Crippen MR) is 150 cm³/mol. The maximum Gasteiger partial charge on any atom is 0.162 e. The summed E-state index contributed by atoms with van der Waals surface area (Å²) in [4.78, 5) is 0. The maximum absolute atomic E-state index is 6.52. The standard InChI is InChI=1S/C34H34O5/c1-5-13-27(14-6-1)21-35-25-31-33(38-23-29-17-9-3-10-18-29)34(39-24-30-19-11-4-12-20-30)32(26-37-31)36-22-28-15-7-2-8-16-28/h1-20,26,31,33-34H,21-25H2/t31-,33-,34-/m1/s1. The molecule has 1 aliphatic rings. The highest BCUT2D eigenvalue weighted by molar-refractivity contribution is 5.18. The van der Waals surface area contributed by atoms with Crippen LogP contribution in [-0.4, -0.2) is 24.9 Å². The highest BCUT2D eigenvalue weighted by Gasteiger charge is 2.40. The van der Waals surface area contributed by atoms with Crippen molar-refractivity contribution in [3.05, 3.63) is 156 Å². The molecule has 4 aromatic rings. The first kappa shape index (κ1) is 26.7. The molecule has 0 aliphatic carbocycles. The van der Waals surface area contributed by atoms with E-state index in [9.17, 15) is 0 Å². The molecule has 3 atom stereocenters. The molecule has 4 aromatic carbocycles. The van der Waals surface area contributed by atoms with Gasteiger partial charge < -0.3 is 23.7 Å². The monoisotopic (exact) mass is 522 g/mol. The summed E-state index contributed by atoms with van der Waals surface area (Å²) in [6, 6.07) is 40.4. The molecule has 5 rings (SSSR count). The molecule has 5 heteroatoms. The van der Waals surface area contributed by atoms with Gasteiger partial charge in [0.05, 0.1) is 26.4 Å². The Morgan fingerprint density at radius 2 is 0.974 bits per heavy atom. The van der Waals surface area contributed by atoms with Gasteiger partial charge in [-0.3, -0.25) is 0 Å². The molecule has 0 N–H and O–H groups in total. The van der Waals surface area contributed by atoms with E-state index in [2.05, 4.69) is 0 Å². The lowest BCUT2D eigenvalue weighted by molar-refractivity contribution is -0.167. The number of rotatable bonds is 13. The second-order valence-corrected chi connectivity index (χ2v) is 9.45. The molecule has 0 aromatic heterocycles. The molecule has 0 saturated heterocycles. The SMILES string of the molecule is C1=C(OCc2ccccc2)[C@@H](OCc2ccccc2)[C@H](OCc2ccccc2)[C@@H](COCc2ccccc2)O1. The third-order valence-corrected chi connectivity index (χ3v) is 6.50. The number of hydrogen-bond acceptors (Lipinski definition) is 5. The van der Waals surface area contributed by atoms with Gasteiger partial charge in [0.15, 0.2) is 11.9 Å². The number of ether oxygens (including phenoxy) is 5. The van der Waals surface area contributed by atoms with Crippen molar-refractivity contribution in [3.8, 4) is 0 Å². The lowest BCUT2D eigenvalue weighted by Gasteiger charge is -2.37. The molecule has 1 aliphatic heterocycles. The minimum Gasteiger partial charge on any atom is -0.489 e. The van der Waals surface area contributed by atoms with Crippen LogP contribution in [0.4, 0.5) is 0 Å². The van der Waals surface area contributed by atoms with E-state index >= 15 is 0 Å². The second-order valence-electron chi connectivity index (χ2n) is 9.45. The fourth-order valence-corrected chi connectivity index (χ4v) is 4.41. The molecule has 0 bridgehead atoms. The van der Waals surface area contributed by atoms with Gasteiger partial charge in [0, 0.05) is 0 Å². The largest absolute Gasteiger partial charge is 0.489 e. The van der Waals surface area contributed by atoms with Crippen molar-refractivity contribution < 1.29 is 23.7 Å². The Morgan fingerprint density at radius 3 is 1.51 bits per heavy atom. The average molecular weight is 523 g/mol. The Hall–Kier alpha value is -3.90. The Balaban J connectivity index is 1.34. The Bertz CT molecular complexity index is 1260. The van der Waals surface area contributed by atoms with Gasteiger partial charge in [-0.25, -0.2) is 0 Å². The first-order valence-corrected chi connectivity index (χ1v) is 13.3. The van der Waals surface area contributed by atoms with Crippen molar-refractivity contribution in [2.24, 2.45) is 0 Å². The highest BCUT2D eigenvalue weighted by Crippen LogP contribution is 2.29. The van der Waals surface area contributed by atoms with Crippen molar-refractivity contribution in [1.29, 1.82) is 0 Å². The van der Waals surface area contributed by atoms with E-state index in [1.165, 1.54) is 0 Å². The van der Waals surface area contributed by atoms with Crippen LogP contribution in [0.15, 0.2) is 133 Å². The smallest absolute Gasteiger partial charge is 0.162 e. The lowest BCUT2D eigenvalue weighted by Crippen LogP contribution is -2.48. The summed E-state index contributed by atoms with van der Waals surface area (Å²) in [5.74, 6) is 0.604. The summed E-state index contributed by atoms with van der Waals surface area (Å²) < 4.78 is 31.6. The van der Waals surface area contributed by atoms with Crippen LogP contribution in [-0.2, 0) is 50.1 Å². The molecule has 0 radical (unpaired) electrons. The number of benzene rings is 4. The van der Waals surface area contributed by atoms with E-state index in [1.807, 2.05) is 121 Å². The van der Waals surface area contributed by atoms with E-state index in [0.717, 1.165) is 22.3 Å². The van der Waals surface area contributed by atoms with Crippen LogP contribution in [0.1, 0.15) is 22.3 Å². The van der Waals surface area contributed by atoms with Gasteiger partial charge in [-0.15, -0.1) is 0 Å². The van der Waals surface area contributed by atoms with Gasteiger partial charge in [0.1, 0.15) is 25.1 Å². The van der Waals surface area contributed by atoms with E-state index in [-0.39, 0.29) is 6.10 Å². The molecule has 0 saturated carbocycles. The fraction of sp³-hybridized carbons (Fsp3) is 0.235. The normalized spacial score (nSPS) is 18.7. The molecule has 0 fully saturated rings. The second kappa shape index (κ2) is 14.3. The molecule has 39 heavy (non-hydrogen) atoms. The Labute approximate surface area is 230 Å². The molecule has 1 heterocycles. The molecule has 0 amide bonds. The fourth-order valence-electron chi connectivity index (χ4n) is 4.41. The lowest BCUT2D eigenvalue weighted by atomic mass is 10.0. The van der Waals surface area contributed by atoms with Crippen LogP contribution < -0.4 is 0 Å². The summed E-state index contributed by atoms with van der Waals surface area (Å²) in [6.45, 7) is 2.08. The third-order valence-electron chi connectivity index (χ3n) is 6.50. The van der Waals surface area contributed by atoms with Crippen LogP contribution in [0.2, 0.25) is 0 Å². The van der Waals surface area contributed by atoms with Crippen LogP contribution in [0.3, 0.4) is 0 Å². The van der Waals surface area contributed by atoms with Crippen LogP contribution in [0, 0.1) is 0 Å². The quantitative estimate of drug-likeness (QED) is 0.193. The van der Waals surface area contributed by atoms with Crippen LogP contribution in [0.5, 0.6) is 0 Å². The van der Waals surface area contributed by atoms with Crippen LogP contribution in [0.25, 0.3) is 0 Å². The average Bonchev–Trinajstić information content (AvgIpc) is 3.00. The predicted octanol–water partition coefficient (Wildman–Crippen LogP) is 6.83. The Kier molecular flexibility index (Phi) is 9.79. The topological polar surface area (TPSA) is 46.2 Å². The van der Waals surface area contributed by atoms with Crippen LogP contribution >= 0.6 is 0 Å². The zero-order valence-corrected chi connectivity index (χ0v) is 21.9. The van der Waals surface area contributed by atoms with Crippen molar-refractivity contribution in [2.45, 2.75) is 44.7 Å². The summed E-state index contributed by atoms with van der Waals surface area (Å²) in [5, 5.41) is 0. The maximum atomic E-state index is 6.52. The van der Waals surface area contributed by atoms with Gasteiger partial charge >= 0.3 is 0 Å². The van der Waals surface area contributed by atoms with Gasteiger partial charge in [-0.1, -0.05) is 121 Å². The minimum absolute atomic E-state index is 0.349. The third kappa shape index (κ3) is 8.04. The van der Waals surface area contributed by atoms with Crippen molar-refractivity contribution in [3.63, 3.8) is 0 Å². The molecule has 5 nitrogen and oxygen atoms in total.